The van der Waals surface area contributed by atoms with Crippen molar-refractivity contribution in [2.45, 2.75) is 6.54 Å². The van der Waals surface area contributed by atoms with Crippen LogP contribution in [0.2, 0.25) is 0 Å². The van der Waals surface area contributed by atoms with Gasteiger partial charge in [-0.1, -0.05) is 12.1 Å². The first kappa shape index (κ1) is 14.0. The lowest BCUT2D eigenvalue weighted by Gasteiger charge is -2.04. The Morgan fingerprint density at radius 3 is 2.89 bits per heavy atom. The van der Waals surface area contributed by atoms with E-state index in [1.807, 2.05) is 24.3 Å². The van der Waals surface area contributed by atoms with Gasteiger partial charge in [-0.05, 0) is 29.7 Å². The normalized spacial score (nSPS) is 10.6. The zero-order valence-electron chi connectivity index (χ0n) is 11.2. The third-order valence-corrected chi connectivity index (χ3v) is 3.51. The van der Waals surface area contributed by atoms with Crippen molar-refractivity contribution in [3.63, 3.8) is 0 Å². The smallest absolute Gasteiger partial charge is 0.128 e. The first-order valence-corrected chi connectivity index (χ1v) is 6.91. The van der Waals surface area contributed by atoms with E-state index in [0.29, 0.717) is 0 Å². The molecular formula is C14H18N2O2S. The molecule has 5 heteroatoms. The van der Waals surface area contributed by atoms with Crippen LogP contribution in [0.4, 0.5) is 0 Å². The Labute approximate surface area is 117 Å². The van der Waals surface area contributed by atoms with Gasteiger partial charge in [-0.25, -0.2) is 0 Å². The number of benzene rings is 1. The van der Waals surface area contributed by atoms with Gasteiger partial charge in [0.25, 0.3) is 0 Å². The second-order valence-corrected chi connectivity index (χ2v) is 4.94. The lowest BCUT2D eigenvalue weighted by atomic mass is 10.1. The van der Waals surface area contributed by atoms with Crippen molar-refractivity contribution < 1.29 is 9.47 Å². The highest BCUT2D eigenvalue weighted by molar-refractivity contribution is 7.06. The molecule has 0 amide bonds. The number of ether oxygens (including phenoxy) is 2. The van der Waals surface area contributed by atoms with Crippen LogP contribution in [0.15, 0.2) is 30.3 Å². The number of nitrogens with one attached hydrogen (secondary N) is 1. The van der Waals surface area contributed by atoms with Crippen LogP contribution >= 0.6 is 11.5 Å². The molecular weight excluding hydrogens is 260 g/mol. The Kier molecular flexibility index (Phi) is 5.32. The summed E-state index contributed by atoms with van der Waals surface area (Å²) in [5.41, 5.74) is 2.00. The predicted octanol–water partition coefficient (Wildman–Crippen LogP) is 2.55. The minimum Gasteiger partial charge on any atom is -0.496 e. The molecule has 102 valence electrons. The van der Waals surface area contributed by atoms with Crippen LogP contribution in [-0.4, -0.2) is 31.7 Å². The number of para-hydroxylation sites is 1. The molecule has 1 aromatic heterocycles. The fraction of sp³-hybridized carbons (Fsp3) is 0.357. The van der Waals surface area contributed by atoms with Gasteiger partial charge in [0, 0.05) is 30.6 Å². The molecule has 2 rings (SSSR count). The highest BCUT2D eigenvalue weighted by Crippen LogP contribution is 2.30. The Hall–Kier alpha value is -1.43. The van der Waals surface area contributed by atoms with Gasteiger partial charge in [0.15, 0.2) is 0 Å². The van der Waals surface area contributed by atoms with Crippen molar-refractivity contribution in [1.29, 1.82) is 0 Å². The minimum absolute atomic E-state index is 0.720. The molecule has 4 nitrogen and oxygen atoms in total. The summed E-state index contributed by atoms with van der Waals surface area (Å²) < 4.78 is 14.8. The number of hydrogen-bond acceptors (Lipinski definition) is 5. The van der Waals surface area contributed by atoms with Crippen LogP contribution < -0.4 is 10.1 Å². The molecule has 0 aliphatic heterocycles. The Balaban J connectivity index is 2.04. The molecule has 1 heterocycles. The van der Waals surface area contributed by atoms with Crippen molar-refractivity contribution in [1.82, 2.24) is 9.69 Å². The molecule has 2 aromatic rings. The SMILES string of the molecule is COCCNCc1cc(-c2ccccc2OC)ns1. The number of rotatable bonds is 7. The maximum Gasteiger partial charge on any atom is 0.128 e. The molecule has 0 atom stereocenters. The molecule has 0 saturated carbocycles. The summed E-state index contributed by atoms with van der Waals surface area (Å²) in [4.78, 5) is 1.21. The van der Waals surface area contributed by atoms with Gasteiger partial charge in [-0.15, -0.1) is 0 Å². The van der Waals surface area contributed by atoms with E-state index < -0.39 is 0 Å². The summed E-state index contributed by atoms with van der Waals surface area (Å²) in [7, 11) is 3.38. The van der Waals surface area contributed by atoms with Crippen molar-refractivity contribution >= 4 is 11.5 Å². The van der Waals surface area contributed by atoms with Crippen molar-refractivity contribution in [2.24, 2.45) is 0 Å². The fourth-order valence-corrected chi connectivity index (χ4v) is 2.46. The molecule has 0 spiro atoms. The van der Waals surface area contributed by atoms with Gasteiger partial charge < -0.3 is 14.8 Å². The first-order chi connectivity index (χ1) is 9.35. The van der Waals surface area contributed by atoms with E-state index in [-0.39, 0.29) is 0 Å². The van der Waals surface area contributed by atoms with E-state index in [4.69, 9.17) is 9.47 Å². The van der Waals surface area contributed by atoms with Crippen molar-refractivity contribution in [3.8, 4) is 17.0 Å². The molecule has 0 aliphatic carbocycles. The Morgan fingerprint density at radius 2 is 2.11 bits per heavy atom. The summed E-state index contributed by atoms with van der Waals surface area (Å²) >= 11 is 1.51. The third kappa shape index (κ3) is 3.76. The molecule has 1 N–H and O–H groups in total. The molecule has 0 bridgehead atoms. The van der Waals surface area contributed by atoms with E-state index in [1.165, 1.54) is 16.4 Å². The molecule has 0 unspecified atom stereocenters. The van der Waals surface area contributed by atoms with E-state index in [2.05, 4.69) is 15.8 Å². The highest BCUT2D eigenvalue weighted by Gasteiger charge is 2.09. The van der Waals surface area contributed by atoms with Crippen LogP contribution in [0.1, 0.15) is 4.88 Å². The highest BCUT2D eigenvalue weighted by atomic mass is 32.1. The monoisotopic (exact) mass is 278 g/mol. The van der Waals surface area contributed by atoms with Crippen molar-refractivity contribution in [2.75, 3.05) is 27.4 Å². The topological polar surface area (TPSA) is 43.4 Å². The molecule has 0 aliphatic rings. The maximum absolute atomic E-state index is 5.35. The second kappa shape index (κ2) is 7.23. The average molecular weight is 278 g/mol. The number of hydrogen-bond donors (Lipinski definition) is 1. The minimum atomic E-state index is 0.720. The summed E-state index contributed by atoms with van der Waals surface area (Å²) in [6.45, 7) is 2.38. The molecule has 19 heavy (non-hydrogen) atoms. The molecule has 1 aromatic carbocycles. The largest absolute Gasteiger partial charge is 0.496 e. The Bertz CT molecular complexity index is 514. The molecule has 0 fully saturated rings. The molecule has 0 saturated heterocycles. The van der Waals surface area contributed by atoms with E-state index in [0.717, 1.165) is 36.7 Å². The van der Waals surface area contributed by atoms with Gasteiger partial charge >= 0.3 is 0 Å². The zero-order chi connectivity index (χ0) is 13.5. The summed E-state index contributed by atoms with van der Waals surface area (Å²) in [6.07, 6.45) is 0. The average Bonchev–Trinajstić information content (AvgIpc) is 2.92. The zero-order valence-corrected chi connectivity index (χ0v) is 12.0. The van der Waals surface area contributed by atoms with E-state index >= 15 is 0 Å². The Morgan fingerprint density at radius 1 is 1.26 bits per heavy atom. The fourth-order valence-electron chi connectivity index (χ4n) is 1.77. The summed E-state index contributed by atoms with van der Waals surface area (Å²) in [5, 5.41) is 3.31. The van der Waals surface area contributed by atoms with Gasteiger partial charge in [-0.2, -0.15) is 4.37 Å². The van der Waals surface area contributed by atoms with Gasteiger partial charge in [0.1, 0.15) is 5.75 Å². The van der Waals surface area contributed by atoms with E-state index in [9.17, 15) is 0 Å². The van der Waals surface area contributed by atoms with Crippen LogP contribution in [-0.2, 0) is 11.3 Å². The third-order valence-electron chi connectivity index (χ3n) is 2.72. The van der Waals surface area contributed by atoms with Crippen molar-refractivity contribution in [3.05, 3.63) is 35.2 Å². The summed E-state index contributed by atoms with van der Waals surface area (Å²) in [5.74, 6) is 0.853. The predicted molar refractivity (Wildman–Crippen MR) is 77.7 cm³/mol. The number of methoxy groups -OCH3 is 2. The number of aromatic nitrogens is 1. The van der Waals surface area contributed by atoms with Crippen LogP contribution in [0.5, 0.6) is 5.75 Å². The first-order valence-electron chi connectivity index (χ1n) is 6.13. The second-order valence-electron chi connectivity index (χ2n) is 4.05. The summed E-state index contributed by atoms with van der Waals surface area (Å²) in [6, 6.07) is 10.0. The maximum atomic E-state index is 5.35. The van der Waals surface area contributed by atoms with Crippen LogP contribution in [0, 0.1) is 0 Å². The van der Waals surface area contributed by atoms with Gasteiger partial charge in [-0.3, -0.25) is 0 Å². The van der Waals surface area contributed by atoms with Gasteiger partial charge in [0.05, 0.1) is 19.4 Å². The number of nitrogens with zero attached hydrogens (tertiary/aromatic N) is 1. The lowest BCUT2D eigenvalue weighted by molar-refractivity contribution is 0.199. The van der Waals surface area contributed by atoms with Gasteiger partial charge in [0.2, 0.25) is 0 Å². The van der Waals surface area contributed by atoms with Crippen LogP contribution in [0.25, 0.3) is 11.3 Å². The molecule has 0 radical (unpaired) electrons. The quantitative estimate of drug-likeness (QED) is 0.791. The lowest BCUT2D eigenvalue weighted by Crippen LogP contribution is -2.17. The standard InChI is InChI=1S/C14H18N2O2S/c1-17-8-7-15-10-11-9-13(16-19-11)12-5-3-4-6-14(12)18-2/h3-6,9,15H,7-8,10H2,1-2H3. The van der Waals surface area contributed by atoms with E-state index in [1.54, 1.807) is 14.2 Å². The van der Waals surface area contributed by atoms with Crippen LogP contribution in [0.3, 0.4) is 0 Å².